The Bertz CT molecular complexity index is 265. The summed E-state index contributed by atoms with van der Waals surface area (Å²) in [7, 11) is 0. The molecule has 5 nitrogen and oxygen atoms in total. The van der Waals surface area contributed by atoms with E-state index in [9.17, 15) is 9.59 Å². The van der Waals surface area contributed by atoms with E-state index in [4.69, 9.17) is 5.11 Å². The molecule has 0 bridgehead atoms. The molecular formula is C10H16N2O3. The highest BCUT2D eigenvalue weighted by Crippen LogP contribution is 2.17. The van der Waals surface area contributed by atoms with Gasteiger partial charge in [-0.25, -0.2) is 9.59 Å². The summed E-state index contributed by atoms with van der Waals surface area (Å²) in [5, 5.41) is 11.5. The Morgan fingerprint density at radius 2 is 2.33 bits per heavy atom. The Morgan fingerprint density at radius 3 is 2.93 bits per heavy atom. The molecular weight excluding hydrogens is 196 g/mol. The van der Waals surface area contributed by atoms with Gasteiger partial charge in [-0.3, -0.25) is 0 Å². The summed E-state index contributed by atoms with van der Waals surface area (Å²) < 4.78 is 0. The molecule has 0 saturated carbocycles. The molecule has 0 radical (unpaired) electrons. The van der Waals surface area contributed by atoms with Crippen molar-refractivity contribution in [3.8, 4) is 0 Å². The number of urea groups is 1. The van der Waals surface area contributed by atoms with Crippen LogP contribution in [0.4, 0.5) is 4.79 Å². The lowest BCUT2D eigenvalue weighted by Gasteiger charge is -2.21. The van der Waals surface area contributed by atoms with Crippen LogP contribution in [0, 0.1) is 0 Å². The van der Waals surface area contributed by atoms with Crippen LogP contribution in [0.1, 0.15) is 19.3 Å². The van der Waals surface area contributed by atoms with E-state index in [0.29, 0.717) is 25.9 Å². The molecule has 1 unspecified atom stereocenters. The monoisotopic (exact) mass is 212 g/mol. The molecule has 0 aromatic heterocycles. The van der Waals surface area contributed by atoms with Crippen LogP contribution in [-0.2, 0) is 4.79 Å². The maximum atomic E-state index is 11.6. The summed E-state index contributed by atoms with van der Waals surface area (Å²) in [5.41, 5.74) is 0. The molecule has 84 valence electrons. The molecule has 1 fully saturated rings. The highest BCUT2D eigenvalue weighted by Gasteiger charge is 2.33. The van der Waals surface area contributed by atoms with Crippen LogP contribution in [0.5, 0.6) is 0 Å². The van der Waals surface area contributed by atoms with E-state index in [1.165, 1.54) is 4.90 Å². The van der Waals surface area contributed by atoms with Gasteiger partial charge in [-0.1, -0.05) is 6.08 Å². The van der Waals surface area contributed by atoms with E-state index in [-0.39, 0.29) is 6.03 Å². The van der Waals surface area contributed by atoms with E-state index in [0.717, 1.165) is 6.42 Å². The molecule has 1 heterocycles. The predicted octanol–water partition coefficient (Wildman–Crippen LogP) is 0.821. The van der Waals surface area contributed by atoms with Gasteiger partial charge in [0.25, 0.3) is 0 Å². The average Bonchev–Trinajstić information content (AvgIpc) is 2.66. The third-order valence-electron chi connectivity index (χ3n) is 2.42. The van der Waals surface area contributed by atoms with Crippen molar-refractivity contribution < 1.29 is 14.7 Å². The third kappa shape index (κ3) is 2.97. The largest absolute Gasteiger partial charge is 0.480 e. The van der Waals surface area contributed by atoms with Crippen LogP contribution in [-0.4, -0.2) is 41.1 Å². The van der Waals surface area contributed by atoms with Crippen molar-refractivity contribution in [2.75, 3.05) is 13.1 Å². The van der Waals surface area contributed by atoms with Gasteiger partial charge in [0, 0.05) is 13.1 Å². The number of nitrogens with zero attached hydrogens (tertiary/aromatic N) is 1. The predicted molar refractivity (Wildman–Crippen MR) is 55.6 cm³/mol. The van der Waals surface area contributed by atoms with Crippen molar-refractivity contribution in [1.29, 1.82) is 0 Å². The van der Waals surface area contributed by atoms with Gasteiger partial charge in [-0.05, 0) is 19.3 Å². The molecule has 0 aliphatic carbocycles. The first-order chi connectivity index (χ1) is 7.16. The minimum absolute atomic E-state index is 0.290. The number of aliphatic carboxylic acids is 1. The van der Waals surface area contributed by atoms with Gasteiger partial charge in [-0.15, -0.1) is 6.58 Å². The van der Waals surface area contributed by atoms with Crippen LogP contribution < -0.4 is 5.32 Å². The maximum Gasteiger partial charge on any atom is 0.326 e. The van der Waals surface area contributed by atoms with Gasteiger partial charge in [0.2, 0.25) is 0 Å². The SMILES string of the molecule is C=CCCNC(=O)N1CCCC1C(=O)O. The van der Waals surface area contributed by atoms with Crippen molar-refractivity contribution in [3.05, 3.63) is 12.7 Å². The molecule has 1 aliphatic heterocycles. The van der Waals surface area contributed by atoms with Gasteiger partial charge < -0.3 is 15.3 Å². The average molecular weight is 212 g/mol. The number of nitrogens with one attached hydrogen (secondary N) is 1. The molecule has 1 rings (SSSR count). The van der Waals surface area contributed by atoms with Crippen LogP contribution in [0.25, 0.3) is 0 Å². The number of carbonyl (C=O) groups excluding carboxylic acids is 1. The molecule has 0 spiro atoms. The molecule has 2 N–H and O–H groups in total. The molecule has 0 aromatic rings. The molecule has 1 saturated heterocycles. The van der Waals surface area contributed by atoms with Gasteiger partial charge in [0.05, 0.1) is 0 Å². The Kier molecular flexibility index (Phi) is 4.15. The molecule has 0 aromatic carbocycles. The van der Waals surface area contributed by atoms with Gasteiger partial charge in [0.1, 0.15) is 6.04 Å². The number of hydrogen-bond donors (Lipinski definition) is 2. The smallest absolute Gasteiger partial charge is 0.326 e. The zero-order valence-electron chi connectivity index (χ0n) is 8.61. The van der Waals surface area contributed by atoms with Crippen LogP contribution in [0.3, 0.4) is 0 Å². The summed E-state index contributed by atoms with van der Waals surface area (Å²) in [4.78, 5) is 23.7. The fraction of sp³-hybridized carbons (Fsp3) is 0.600. The lowest BCUT2D eigenvalue weighted by Crippen LogP contribution is -2.46. The van der Waals surface area contributed by atoms with E-state index in [1.807, 2.05) is 0 Å². The van der Waals surface area contributed by atoms with Crippen LogP contribution in [0.2, 0.25) is 0 Å². The standard InChI is InChI=1S/C10H16N2O3/c1-2-3-6-11-10(15)12-7-4-5-8(12)9(13)14/h2,8H,1,3-7H2,(H,11,15)(H,13,14). The molecule has 5 heteroatoms. The fourth-order valence-corrected chi connectivity index (χ4v) is 1.65. The topological polar surface area (TPSA) is 69.6 Å². The summed E-state index contributed by atoms with van der Waals surface area (Å²) >= 11 is 0. The first-order valence-corrected chi connectivity index (χ1v) is 5.05. The van der Waals surface area contributed by atoms with Gasteiger partial charge >= 0.3 is 12.0 Å². The van der Waals surface area contributed by atoms with E-state index in [2.05, 4.69) is 11.9 Å². The molecule has 15 heavy (non-hydrogen) atoms. The summed E-state index contributed by atoms with van der Waals surface area (Å²) in [6.45, 7) is 4.57. The second kappa shape index (κ2) is 5.38. The number of likely N-dealkylation sites (tertiary alicyclic amines) is 1. The van der Waals surface area contributed by atoms with E-state index >= 15 is 0 Å². The summed E-state index contributed by atoms with van der Waals surface area (Å²) in [6.07, 6.45) is 3.70. The number of carbonyl (C=O) groups is 2. The van der Waals surface area contributed by atoms with Crippen molar-refractivity contribution in [2.45, 2.75) is 25.3 Å². The second-order valence-corrected chi connectivity index (χ2v) is 3.50. The lowest BCUT2D eigenvalue weighted by atomic mass is 10.2. The number of hydrogen-bond acceptors (Lipinski definition) is 2. The fourth-order valence-electron chi connectivity index (χ4n) is 1.65. The highest BCUT2D eigenvalue weighted by molar-refractivity contribution is 5.83. The first kappa shape index (κ1) is 11.6. The number of rotatable bonds is 4. The molecule has 2 amide bonds. The highest BCUT2D eigenvalue weighted by atomic mass is 16.4. The number of carboxylic acid groups (broad SMARTS) is 1. The quantitative estimate of drug-likeness (QED) is 0.535. The van der Waals surface area contributed by atoms with Crippen molar-refractivity contribution >= 4 is 12.0 Å². The second-order valence-electron chi connectivity index (χ2n) is 3.50. The minimum atomic E-state index is -0.925. The maximum absolute atomic E-state index is 11.6. The zero-order chi connectivity index (χ0) is 11.3. The van der Waals surface area contributed by atoms with Crippen molar-refractivity contribution in [3.63, 3.8) is 0 Å². The van der Waals surface area contributed by atoms with Gasteiger partial charge in [-0.2, -0.15) is 0 Å². The van der Waals surface area contributed by atoms with Crippen molar-refractivity contribution in [2.24, 2.45) is 0 Å². The Hall–Kier alpha value is -1.52. The number of amides is 2. The first-order valence-electron chi connectivity index (χ1n) is 5.05. The molecule has 1 atom stereocenters. The van der Waals surface area contributed by atoms with E-state index in [1.54, 1.807) is 6.08 Å². The number of carboxylic acids is 1. The van der Waals surface area contributed by atoms with Crippen LogP contribution >= 0.6 is 0 Å². The minimum Gasteiger partial charge on any atom is -0.480 e. The molecule has 1 aliphatic rings. The van der Waals surface area contributed by atoms with Crippen LogP contribution in [0.15, 0.2) is 12.7 Å². The Balaban J connectivity index is 2.43. The normalized spacial score (nSPS) is 20.0. The summed E-state index contributed by atoms with van der Waals surface area (Å²) in [6, 6.07) is -0.949. The Labute approximate surface area is 88.8 Å². The third-order valence-corrected chi connectivity index (χ3v) is 2.42. The Morgan fingerprint density at radius 1 is 1.60 bits per heavy atom. The summed E-state index contributed by atoms with van der Waals surface area (Å²) in [5.74, 6) is -0.925. The zero-order valence-corrected chi connectivity index (χ0v) is 8.61. The van der Waals surface area contributed by atoms with Gasteiger partial charge in [0.15, 0.2) is 0 Å². The lowest BCUT2D eigenvalue weighted by molar-refractivity contribution is -0.141. The van der Waals surface area contributed by atoms with Crippen molar-refractivity contribution in [1.82, 2.24) is 10.2 Å². The van der Waals surface area contributed by atoms with E-state index < -0.39 is 12.0 Å².